The first-order valence-electron chi connectivity index (χ1n) is 11.1. The van der Waals surface area contributed by atoms with Gasteiger partial charge in [0.25, 0.3) is 0 Å². The Balaban J connectivity index is 1.78. The van der Waals surface area contributed by atoms with Crippen LogP contribution in [0, 0.1) is 11.3 Å². The Hall–Kier alpha value is -3.48. The fourth-order valence-corrected chi connectivity index (χ4v) is 4.82. The molecule has 0 saturated carbocycles. The van der Waals surface area contributed by atoms with E-state index < -0.39 is 12.2 Å². The van der Waals surface area contributed by atoms with E-state index in [2.05, 4.69) is 25.8 Å². The number of nitriles is 1. The molecule has 2 aromatic carbocycles. The van der Waals surface area contributed by atoms with Crippen molar-refractivity contribution < 1.29 is 13.5 Å². The highest BCUT2D eigenvalue weighted by atomic mass is 19.3. The third-order valence-corrected chi connectivity index (χ3v) is 6.67. The van der Waals surface area contributed by atoms with Crippen molar-refractivity contribution in [2.24, 2.45) is 0 Å². The molecule has 2 N–H and O–H groups in total. The lowest BCUT2D eigenvalue weighted by atomic mass is 9.92. The molecular weight excluding hydrogens is 440 g/mol. The van der Waals surface area contributed by atoms with Crippen molar-refractivity contribution in [2.75, 3.05) is 38.1 Å². The van der Waals surface area contributed by atoms with Gasteiger partial charge in [0.15, 0.2) is 5.43 Å². The second kappa shape index (κ2) is 8.08. The number of nitrogens with zero attached hydrogens (tertiary/aromatic N) is 3. The molecule has 0 spiro atoms. The molecular formula is C25H25F2N5O2. The minimum atomic E-state index is -2.95. The number of aromatic amines is 2. The summed E-state index contributed by atoms with van der Waals surface area (Å²) in [4.78, 5) is 24.5. The molecule has 5 rings (SSSR count). The number of piperazine rings is 1. The van der Waals surface area contributed by atoms with Gasteiger partial charge >= 0.3 is 6.61 Å². The summed E-state index contributed by atoms with van der Waals surface area (Å²) >= 11 is 0. The summed E-state index contributed by atoms with van der Waals surface area (Å²) in [6.07, 6.45) is 0. The van der Waals surface area contributed by atoms with Crippen LogP contribution in [-0.2, 0) is 10.3 Å². The molecule has 0 amide bonds. The summed E-state index contributed by atoms with van der Waals surface area (Å²) in [5.41, 5.74) is 2.12. The number of halogens is 2. The molecule has 0 radical (unpaired) electrons. The molecule has 3 heterocycles. The molecule has 1 aliphatic heterocycles. The number of hydrogen-bond donors (Lipinski definition) is 2. The van der Waals surface area contributed by atoms with Gasteiger partial charge < -0.3 is 24.5 Å². The number of rotatable bonds is 4. The van der Waals surface area contributed by atoms with Crippen molar-refractivity contribution in [3.63, 3.8) is 0 Å². The summed E-state index contributed by atoms with van der Waals surface area (Å²) in [7, 11) is 2.05. The first-order valence-corrected chi connectivity index (χ1v) is 11.1. The summed E-state index contributed by atoms with van der Waals surface area (Å²) in [5.74, 6) is 0. The first-order chi connectivity index (χ1) is 16.2. The topological polar surface area (TPSA) is 88.2 Å². The number of ether oxygens (including phenoxy) is 1. The van der Waals surface area contributed by atoms with Gasteiger partial charge in [-0.15, -0.1) is 0 Å². The number of alkyl halides is 2. The second-order valence-corrected chi connectivity index (χ2v) is 9.30. The lowest BCUT2D eigenvalue weighted by molar-refractivity contribution is -0.200. The van der Waals surface area contributed by atoms with Gasteiger partial charge in [-0.05, 0) is 45.2 Å². The Morgan fingerprint density at radius 3 is 2.38 bits per heavy atom. The number of aromatic nitrogens is 2. The van der Waals surface area contributed by atoms with E-state index in [1.165, 1.54) is 0 Å². The smallest absolute Gasteiger partial charge is 0.346 e. The zero-order chi connectivity index (χ0) is 24.2. The van der Waals surface area contributed by atoms with Crippen molar-refractivity contribution in [1.29, 1.82) is 5.26 Å². The minimum absolute atomic E-state index is 0.210. The zero-order valence-electron chi connectivity index (χ0n) is 19.2. The largest absolute Gasteiger partial charge is 0.369 e. The van der Waals surface area contributed by atoms with E-state index in [4.69, 9.17) is 4.74 Å². The van der Waals surface area contributed by atoms with E-state index in [1.54, 1.807) is 38.1 Å². The van der Waals surface area contributed by atoms with Crippen LogP contribution in [0.5, 0.6) is 0 Å². The van der Waals surface area contributed by atoms with Gasteiger partial charge in [-0.2, -0.15) is 14.0 Å². The molecule has 1 fully saturated rings. The molecule has 4 aromatic rings. The SMILES string of the molecule is CN1CCN(c2cc3[nH]c4[nH]c5cc(C#N)ccc5c4c(=O)c3cc2C(C)(C)OC(F)F)CC1. The van der Waals surface area contributed by atoms with Gasteiger partial charge in [0.1, 0.15) is 5.65 Å². The molecule has 2 aromatic heterocycles. The van der Waals surface area contributed by atoms with Crippen LogP contribution in [0.1, 0.15) is 25.0 Å². The number of likely N-dealkylation sites (N-methyl/N-ethyl adjacent to an activating group) is 1. The van der Waals surface area contributed by atoms with E-state index in [0.717, 1.165) is 31.9 Å². The highest BCUT2D eigenvalue weighted by molar-refractivity contribution is 6.09. The third kappa shape index (κ3) is 3.69. The van der Waals surface area contributed by atoms with Crippen LogP contribution in [0.3, 0.4) is 0 Å². The predicted octanol–water partition coefficient (Wildman–Crippen LogP) is 4.26. The van der Waals surface area contributed by atoms with Crippen LogP contribution in [-0.4, -0.2) is 54.7 Å². The summed E-state index contributed by atoms with van der Waals surface area (Å²) in [5, 5.41) is 10.8. The lowest BCUT2D eigenvalue weighted by Gasteiger charge is -2.38. The molecule has 0 aliphatic carbocycles. The van der Waals surface area contributed by atoms with Crippen molar-refractivity contribution in [1.82, 2.24) is 14.9 Å². The van der Waals surface area contributed by atoms with Crippen LogP contribution in [0.15, 0.2) is 35.1 Å². The number of benzene rings is 2. The first kappa shape index (κ1) is 22.3. The van der Waals surface area contributed by atoms with Gasteiger partial charge in [0.05, 0.1) is 28.1 Å². The average molecular weight is 466 g/mol. The third-order valence-electron chi connectivity index (χ3n) is 6.67. The highest BCUT2D eigenvalue weighted by Crippen LogP contribution is 2.38. The number of hydrogen-bond acceptors (Lipinski definition) is 5. The van der Waals surface area contributed by atoms with Crippen molar-refractivity contribution in [2.45, 2.75) is 26.1 Å². The van der Waals surface area contributed by atoms with Gasteiger partial charge in [-0.25, -0.2) is 0 Å². The van der Waals surface area contributed by atoms with Gasteiger partial charge in [-0.1, -0.05) is 6.07 Å². The zero-order valence-corrected chi connectivity index (χ0v) is 19.2. The Morgan fingerprint density at radius 1 is 1.06 bits per heavy atom. The van der Waals surface area contributed by atoms with Crippen LogP contribution < -0.4 is 10.3 Å². The Bertz CT molecular complexity index is 1510. The van der Waals surface area contributed by atoms with Crippen LogP contribution in [0.2, 0.25) is 0 Å². The number of anilines is 1. The number of fused-ring (bicyclic) bond motifs is 4. The van der Waals surface area contributed by atoms with E-state index in [1.807, 2.05) is 13.1 Å². The number of pyridine rings is 1. The molecule has 0 bridgehead atoms. The molecule has 176 valence electrons. The maximum absolute atomic E-state index is 13.6. The van der Waals surface area contributed by atoms with E-state index in [-0.39, 0.29) is 5.43 Å². The fraction of sp³-hybridized carbons (Fsp3) is 0.360. The van der Waals surface area contributed by atoms with Gasteiger partial charge in [0.2, 0.25) is 0 Å². The molecule has 1 aliphatic rings. The van der Waals surface area contributed by atoms with E-state index >= 15 is 0 Å². The van der Waals surface area contributed by atoms with Crippen LogP contribution in [0.25, 0.3) is 32.8 Å². The average Bonchev–Trinajstić information content (AvgIpc) is 3.15. The normalized spacial score (nSPS) is 15.6. The number of H-pyrrole nitrogens is 2. The van der Waals surface area contributed by atoms with Crippen molar-refractivity contribution >= 4 is 38.5 Å². The Kier molecular flexibility index (Phi) is 5.30. The monoisotopic (exact) mass is 465 g/mol. The minimum Gasteiger partial charge on any atom is -0.369 e. The van der Waals surface area contributed by atoms with E-state index in [9.17, 15) is 18.8 Å². The molecule has 9 heteroatoms. The van der Waals surface area contributed by atoms with E-state index in [0.29, 0.717) is 44.0 Å². The maximum Gasteiger partial charge on any atom is 0.346 e. The molecule has 7 nitrogen and oxygen atoms in total. The maximum atomic E-state index is 13.6. The standard InChI is InChI=1S/C25H25F2N5O2/c1-25(2,34-24(26)27)17-11-16-19(12-20(17)32-8-6-31(3)7-9-32)30-23-21(22(16)33)15-5-4-14(13-28)10-18(15)29-23/h4-5,10-12,24H,6-9H2,1-3H3,(H2,29,30,33). The molecule has 0 atom stereocenters. The summed E-state index contributed by atoms with van der Waals surface area (Å²) in [6.45, 7) is 3.39. The summed E-state index contributed by atoms with van der Waals surface area (Å²) in [6, 6.07) is 10.8. The van der Waals surface area contributed by atoms with Crippen LogP contribution >= 0.6 is 0 Å². The van der Waals surface area contributed by atoms with Crippen molar-refractivity contribution in [3.05, 3.63) is 51.7 Å². The predicted molar refractivity (Wildman–Crippen MR) is 128 cm³/mol. The highest BCUT2D eigenvalue weighted by Gasteiger charge is 2.32. The lowest BCUT2D eigenvalue weighted by Crippen LogP contribution is -2.45. The Labute approximate surface area is 194 Å². The number of nitrogens with one attached hydrogen (secondary N) is 2. The molecule has 0 unspecified atom stereocenters. The Morgan fingerprint density at radius 2 is 1.74 bits per heavy atom. The van der Waals surface area contributed by atoms with Crippen LogP contribution in [0.4, 0.5) is 14.5 Å². The quantitative estimate of drug-likeness (QED) is 0.470. The second-order valence-electron chi connectivity index (χ2n) is 9.30. The molecule has 34 heavy (non-hydrogen) atoms. The van der Waals surface area contributed by atoms with Crippen molar-refractivity contribution in [3.8, 4) is 6.07 Å². The van der Waals surface area contributed by atoms with Gasteiger partial charge in [-0.3, -0.25) is 4.79 Å². The van der Waals surface area contributed by atoms with Gasteiger partial charge in [0, 0.05) is 53.7 Å². The molecule has 1 saturated heterocycles. The fourth-order valence-electron chi connectivity index (χ4n) is 4.82. The summed E-state index contributed by atoms with van der Waals surface area (Å²) < 4.78 is 31.6.